The normalized spacial score (nSPS) is 12.5. The van der Waals surface area contributed by atoms with Crippen LogP contribution in [0.4, 0.5) is 0 Å². The van der Waals surface area contributed by atoms with Gasteiger partial charge in [0.1, 0.15) is 0 Å². The van der Waals surface area contributed by atoms with Crippen LogP contribution in [0.2, 0.25) is 6.04 Å². The molecule has 0 aromatic heterocycles. The van der Waals surface area contributed by atoms with Crippen LogP contribution in [0.1, 0.15) is 164 Å². The maximum Gasteiger partial charge on any atom is 0.501 e. The van der Waals surface area contributed by atoms with Crippen molar-refractivity contribution in [1.82, 2.24) is 0 Å². The van der Waals surface area contributed by atoms with E-state index in [-0.39, 0.29) is 0 Å². The summed E-state index contributed by atoms with van der Waals surface area (Å²) in [7, 11) is -2.51. The van der Waals surface area contributed by atoms with Crippen LogP contribution in [0, 0.1) is 0 Å². The molecular weight excluding hydrogens is 486 g/mol. The molecule has 0 spiro atoms. The lowest BCUT2D eigenvalue weighted by atomic mass is 10.0. The summed E-state index contributed by atoms with van der Waals surface area (Å²) in [4.78, 5) is 0. The highest BCUT2D eigenvalue weighted by atomic mass is 28.4. The van der Waals surface area contributed by atoms with Crippen molar-refractivity contribution in [3.05, 3.63) is 0 Å². The van der Waals surface area contributed by atoms with E-state index in [0.717, 1.165) is 12.5 Å². The predicted octanol–water partition coefficient (Wildman–Crippen LogP) is 10.3. The van der Waals surface area contributed by atoms with Gasteiger partial charge < -0.3 is 17.8 Å². The molecule has 4 nitrogen and oxygen atoms in total. The minimum atomic E-state index is -2.51. The zero-order chi connectivity index (χ0) is 28.2. The van der Waals surface area contributed by atoms with Crippen molar-refractivity contribution in [2.75, 3.05) is 46.0 Å². The zero-order valence-electron chi connectivity index (χ0n) is 27.3. The summed E-state index contributed by atoms with van der Waals surface area (Å²) in [6.07, 6.45) is 27.1. The van der Waals surface area contributed by atoms with Gasteiger partial charge in [0, 0.05) is 32.3 Å². The van der Waals surface area contributed by atoms with Crippen LogP contribution in [-0.4, -0.2) is 59.3 Å². The van der Waals surface area contributed by atoms with E-state index in [4.69, 9.17) is 13.3 Å². The average molecular weight is 559 g/mol. The molecule has 0 atom stereocenters. The Labute approximate surface area is 241 Å². The standard InChI is InChI=1S/C33H72NO3Si/c1-7-13-14-15-16-17-18-19-20-21-22-23-24-25-26-27-28-29-31-34(8-2,9-3)32-30-33-38(35-10-4,36-11-5)37-12-6/h7-33H2,1-6H3/q+1. The Kier molecular flexibility index (Phi) is 27.3. The lowest BCUT2D eigenvalue weighted by molar-refractivity contribution is -0.925. The second-order valence-electron chi connectivity index (χ2n) is 11.5. The molecule has 0 fully saturated rings. The average Bonchev–Trinajstić information content (AvgIpc) is 2.92. The maximum absolute atomic E-state index is 6.08. The van der Waals surface area contributed by atoms with Crippen molar-refractivity contribution in [2.45, 2.75) is 170 Å². The Morgan fingerprint density at radius 1 is 0.395 bits per heavy atom. The molecule has 0 heterocycles. The van der Waals surface area contributed by atoms with Crippen molar-refractivity contribution in [2.24, 2.45) is 0 Å². The molecule has 0 unspecified atom stereocenters. The van der Waals surface area contributed by atoms with Crippen LogP contribution >= 0.6 is 0 Å². The van der Waals surface area contributed by atoms with Crippen molar-refractivity contribution in [1.29, 1.82) is 0 Å². The van der Waals surface area contributed by atoms with E-state index >= 15 is 0 Å². The minimum absolute atomic E-state index is 0.674. The summed E-state index contributed by atoms with van der Waals surface area (Å²) < 4.78 is 19.5. The van der Waals surface area contributed by atoms with Gasteiger partial charge in [0.25, 0.3) is 0 Å². The summed E-state index contributed by atoms with van der Waals surface area (Å²) in [6, 6.07) is 0.946. The van der Waals surface area contributed by atoms with Crippen molar-refractivity contribution >= 4 is 8.80 Å². The van der Waals surface area contributed by atoms with Crippen LogP contribution < -0.4 is 0 Å². The second-order valence-corrected chi connectivity index (χ2v) is 14.2. The molecule has 0 amide bonds. The number of quaternary nitrogens is 1. The third-order valence-corrected chi connectivity index (χ3v) is 11.7. The van der Waals surface area contributed by atoms with Gasteiger partial charge in [-0.2, -0.15) is 0 Å². The third-order valence-electron chi connectivity index (χ3n) is 8.54. The van der Waals surface area contributed by atoms with Crippen LogP contribution in [-0.2, 0) is 13.3 Å². The quantitative estimate of drug-likeness (QED) is 0.0481. The molecule has 0 aliphatic carbocycles. The number of rotatable bonds is 31. The zero-order valence-corrected chi connectivity index (χ0v) is 28.3. The first kappa shape index (κ1) is 38.1. The van der Waals surface area contributed by atoms with Gasteiger partial charge in [-0.3, -0.25) is 0 Å². The number of hydrogen-bond donors (Lipinski definition) is 0. The van der Waals surface area contributed by atoms with Crippen LogP contribution in [0.3, 0.4) is 0 Å². The summed E-state index contributed by atoms with van der Waals surface area (Å²) in [6.45, 7) is 20.2. The number of hydrogen-bond acceptors (Lipinski definition) is 3. The molecule has 0 radical (unpaired) electrons. The molecule has 0 aromatic carbocycles. The highest BCUT2D eigenvalue weighted by Crippen LogP contribution is 2.21. The van der Waals surface area contributed by atoms with Gasteiger partial charge in [0.2, 0.25) is 0 Å². The first-order valence-corrected chi connectivity index (χ1v) is 19.3. The van der Waals surface area contributed by atoms with Gasteiger partial charge in [-0.05, 0) is 47.5 Å². The fourth-order valence-electron chi connectivity index (χ4n) is 5.95. The first-order chi connectivity index (χ1) is 18.6. The molecule has 0 saturated heterocycles. The highest BCUT2D eigenvalue weighted by molar-refractivity contribution is 6.60. The second kappa shape index (κ2) is 27.2. The summed E-state index contributed by atoms with van der Waals surface area (Å²) in [5, 5.41) is 0. The summed E-state index contributed by atoms with van der Waals surface area (Å²) in [5.41, 5.74) is 0. The van der Waals surface area contributed by atoms with E-state index in [0.29, 0.717) is 19.8 Å². The minimum Gasteiger partial charge on any atom is -0.374 e. The molecule has 0 aromatic rings. The smallest absolute Gasteiger partial charge is 0.374 e. The van der Waals surface area contributed by atoms with E-state index in [1.807, 2.05) is 0 Å². The van der Waals surface area contributed by atoms with Gasteiger partial charge in [-0.15, -0.1) is 0 Å². The van der Waals surface area contributed by atoms with Gasteiger partial charge in [-0.1, -0.05) is 110 Å². The Hall–Kier alpha value is 0.0569. The predicted molar refractivity (Wildman–Crippen MR) is 170 cm³/mol. The Morgan fingerprint density at radius 2 is 0.711 bits per heavy atom. The van der Waals surface area contributed by atoms with Gasteiger partial charge in [0.05, 0.1) is 26.2 Å². The highest BCUT2D eigenvalue weighted by Gasteiger charge is 2.40. The van der Waals surface area contributed by atoms with E-state index < -0.39 is 8.80 Å². The summed E-state index contributed by atoms with van der Waals surface area (Å²) in [5.74, 6) is 0. The fraction of sp³-hybridized carbons (Fsp3) is 1.00. The monoisotopic (exact) mass is 559 g/mol. The maximum atomic E-state index is 6.08. The Morgan fingerprint density at radius 3 is 1.03 bits per heavy atom. The number of nitrogens with zero attached hydrogens (tertiary/aromatic N) is 1. The largest absolute Gasteiger partial charge is 0.501 e. The SMILES string of the molecule is CCCCCCCCCCCCCCCCCCCC[N+](CC)(CC)CCC[Si](OCC)(OCC)OCC. The fourth-order valence-corrected chi connectivity index (χ4v) is 8.54. The molecule has 0 aliphatic heterocycles. The van der Waals surface area contributed by atoms with Crippen LogP contribution in [0.25, 0.3) is 0 Å². The van der Waals surface area contributed by atoms with E-state index in [2.05, 4.69) is 41.5 Å². The molecule has 38 heavy (non-hydrogen) atoms. The molecule has 0 bridgehead atoms. The lowest BCUT2D eigenvalue weighted by Crippen LogP contribution is -2.51. The van der Waals surface area contributed by atoms with Crippen LogP contribution in [0.5, 0.6) is 0 Å². The van der Waals surface area contributed by atoms with E-state index in [1.54, 1.807) is 0 Å². The van der Waals surface area contributed by atoms with Crippen LogP contribution in [0.15, 0.2) is 0 Å². The molecule has 0 N–H and O–H groups in total. The molecule has 0 saturated carbocycles. The Bertz CT molecular complexity index is 456. The van der Waals surface area contributed by atoms with Crippen molar-refractivity contribution in [3.63, 3.8) is 0 Å². The van der Waals surface area contributed by atoms with E-state index in [9.17, 15) is 0 Å². The first-order valence-electron chi connectivity index (χ1n) is 17.3. The lowest BCUT2D eigenvalue weighted by Gasteiger charge is -2.38. The van der Waals surface area contributed by atoms with Crippen molar-refractivity contribution < 1.29 is 17.8 Å². The van der Waals surface area contributed by atoms with Gasteiger partial charge in [0.15, 0.2) is 0 Å². The van der Waals surface area contributed by atoms with Crippen molar-refractivity contribution in [3.8, 4) is 0 Å². The Balaban J connectivity index is 3.87. The number of unbranched alkanes of at least 4 members (excludes halogenated alkanes) is 17. The van der Waals surface area contributed by atoms with E-state index in [1.165, 1.54) is 146 Å². The molecular formula is C33H72NO3Si+. The topological polar surface area (TPSA) is 27.7 Å². The molecule has 0 rings (SSSR count). The summed E-state index contributed by atoms with van der Waals surface area (Å²) >= 11 is 0. The van der Waals surface area contributed by atoms with Gasteiger partial charge >= 0.3 is 8.80 Å². The molecule has 0 aliphatic rings. The third kappa shape index (κ3) is 20.0. The van der Waals surface area contributed by atoms with Gasteiger partial charge in [-0.25, -0.2) is 0 Å². The molecule has 5 heteroatoms. The molecule has 230 valence electrons.